The second-order valence-electron chi connectivity index (χ2n) is 5.09. The molecule has 0 saturated carbocycles. The lowest BCUT2D eigenvalue weighted by Gasteiger charge is -2.07. The summed E-state index contributed by atoms with van der Waals surface area (Å²) < 4.78 is 0. The molecular weight excluding hydrogens is 374 g/mol. The zero-order chi connectivity index (χ0) is 19.4. The van der Waals surface area contributed by atoms with Crippen LogP contribution in [0.1, 0.15) is 0 Å². The molecule has 0 unspecified atom stereocenters. The van der Waals surface area contributed by atoms with Crippen LogP contribution in [0.4, 0.5) is 29.0 Å². The third kappa shape index (κ3) is 4.64. The molecule has 3 rings (SSSR count). The number of anilines is 3. The van der Waals surface area contributed by atoms with E-state index in [0.717, 1.165) is 11.8 Å². The average Bonchev–Trinajstić information content (AvgIpc) is 2.61. The van der Waals surface area contributed by atoms with Gasteiger partial charge in [-0.2, -0.15) is 15.0 Å². The molecule has 0 amide bonds. The van der Waals surface area contributed by atoms with Gasteiger partial charge in [0.1, 0.15) is 0 Å². The monoisotopic (exact) mass is 385 g/mol. The van der Waals surface area contributed by atoms with Crippen molar-refractivity contribution in [2.24, 2.45) is 0 Å². The third-order valence-corrected chi connectivity index (χ3v) is 4.04. The molecule has 0 aliphatic rings. The number of aromatic nitrogens is 3. The van der Waals surface area contributed by atoms with E-state index >= 15 is 0 Å². The number of non-ortho nitro benzene ring substituents is 2. The largest absolute Gasteiger partial charge is 0.368 e. The lowest BCUT2D eigenvalue weighted by Crippen LogP contribution is -2.04. The molecule has 3 aromatic rings. The molecule has 136 valence electrons. The number of nitrogens with two attached hydrogens (primary N) is 1. The lowest BCUT2D eigenvalue weighted by atomic mass is 10.3. The van der Waals surface area contributed by atoms with Crippen LogP contribution in [-0.2, 0) is 0 Å². The van der Waals surface area contributed by atoms with E-state index in [4.69, 9.17) is 5.73 Å². The number of rotatable bonds is 6. The molecule has 0 bridgehead atoms. The van der Waals surface area contributed by atoms with Crippen molar-refractivity contribution in [3.63, 3.8) is 0 Å². The highest BCUT2D eigenvalue weighted by Gasteiger charge is 2.11. The van der Waals surface area contributed by atoms with Crippen LogP contribution in [0.2, 0.25) is 0 Å². The van der Waals surface area contributed by atoms with Crippen LogP contribution in [-0.4, -0.2) is 24.8 Å². The molecule has 0 saturated heterocycles. The van der Waals surface area contributed by atoms with Crippen molar-refractivity contribution in [3.05, 3.63) is 68.8 Å². The molecule has 0 fully saturated rings. The van der Waals surface area contributed by atoms with Crippen molar-refractivity contribution >= 4 is 40.7 Å². The fourth-order valence-electron chi connectivity index (χ4n) is 2.07. The van der Waals surface area contributed by atoms with Gasteiger partial charge in [-0.1, -0.05) is 12.1 Å². The summed E-state index contributed by atoms with van der Waals surface area (Å²) in [5, 5.41) is 24.8. The summed E-state index contributed by atoms with van der Waals surface area (Å²) in [6, 6.07) is 11.8. The molecule has 0 radical (unpaired) electrons. The van der Waals surface area contributed by atoms with Crippen LogP contribution in [0.15, 0.2) is 58.6 Å². The van der Waals surface area contributed by atoms with Gasteiger partial charge >= 0.3 is 0 Å². The minimum Gasteiger partial charge on any atom is -0.368 e. The van der Waals surface area contributed by atoms with Crippen LogP contribution >= 0.6 is 11.8 Å². The maximum Gasteiger partial charge on any atom is 0.271 e. The van der Waals surface area contributed by atoms with E-state index in [-0.39, 0.29) is 28.4 Å². The first-order valence-corrected chi connectivity index (χ1v) is 8.18. The maximum absolute atomic E-state index is 10.9. The Kier molecular flexibility index (Phi) is 5.08. The normalized spacial score (nSPS) is 10.4. The van der Waals surface area contributed by atoms with Crippen molar-refractivity contribution in [1.29, 1.82) is 0 Å². The zero-order valence-corrected chi connectivity index (χ0v) is 14.3. The Morgan fingerprint density at radius 3 is 2.30 bits per heavy atom. The fourth-order valence-corrected chi connectivity index (χ4v) is 2.87. The SMILES string of the molecule is Nc1nc(Nc2cccc([N+](=O)[O-])c2)nc(Sc2cccc([N+](=O)[O-])c2)n1. The van der Waals surface area contributed by atoms with Gasteiger partial charge in [0, 0.05) is 34.8 Å². The third-order valence-electron chi connectivity index (χ3n) is 3.18. The summed E-state index contributed by atoms with van der Waals surface area (Å²) >= 11 is 1.07. The van der Waals surface area contributed by atoms with Gasteiger partial charge < -0.3 is 11.1 Å². The van der Waals surface area contributed by atoms with Gasteiger partial charge in [-0.3, -0.25) is 20.2 Å². The second-order valence-corrected chi connectivity index (χ2v) is 6.13. The predicted octanol–water partition coefficient (Wildman–Crippen LogP) is 3.17. The van der Waals surface area contributed by atoms with Gasteiger partial charge in [0.05, 0.1) is 9.85 Å². The summed E-state index contributed by atoms with van der Waals surface area (Å²) in [4.78, 5) is 33.4. The molecule has 0 atom stereocenters. The average molecular weight is 385 g/mol. The first-order chi connectivity index (χ1) is 12.9. The fraction of sp³-hybridized carbons (Fsp3) is 0. The standard InChI is InChI=1S/C15H11N7O4S/c16-13-18-14(17-9-3-1-4-10(7-9)21(23)24)20-15(19-13)27-12-6-2-5-11(8-12)22(25)26/h1-8H,(H3,16,17,18,19,20). The zero-order valence-electron chi connectivity index (χ0n) is 13.5. The number of benzene rings is 2. The number of nitrogens with one attached hydrogen (secondary N) is 1. The first kappa shape index (κ1) is 18.0. The molecule has 1 aromatic heterocycles. The number of hydrogen-bond donors (Lipinski definition) is 2. The summed E-state index contributed by atoms with van der Waals surface area (Å²) in [5.41, 5.74) is 5.95. The highest BCUT2D eigenvalue weighted by molar-refractivity contribution is 7.99. The van der Waals surface area contributed by atoms with E-state index in [2.05, 4.69) is 20.3 Å². The van der Waals surface area contributed by atoms with Crippen LogP contribution in [0.25, 0.3) is 0 Å². The Hall–Kier alpha value is -3.80. The minimum absolute atomic E-state index is 0.0584. The summed E-state index contributed by atoms with van der Waals surface area (Å²) in [6.07, 6.45) is 0. The van der Waals surface area contributed by atoms with E-state index in [1.165, 1.54) is 30.3 Å². The number of hydrogen-bond acceptors (Lipinski definition) is 10. The van der Waals surface area contributed by atoms with E-state index < -0.39 is 9.85 Å². The molecule has 12 heteroatoms. The Morgan fingerprint density at radius 2 is 1.59 bits per heavy atom. The molecular formula is C15H11N7O4S. The van der Waals surface area contributed by atoms with Gasteiger partial charge in [0.25, 0.3) is 11.4 Å². The number of nitrogen functional groups attached to an aromatic ring is 1. The molecule has 0 spiro atoms. The molecule has 1 heterocycles. The summed E-state index contributed by atoms with van der Waals surface area (Å²) in [7, 11) is 0. The van der Waals surface area contributed by atoms with Gasteiger partial charge in [-0.25, -0.2) is 0 Å². The van der Waals surface area contributed by atoms with Crippen molar-refractivity contribution in [2.45, 2.75) is 10.1 Å². The molecule has 3 N–H and O–H groups in total. The Balaban J connectivity index is 1.84. The lowest BCUT2D eigenvalue weighted by molar-refractivity contribution is -0.385. The van der Waals surface area contributed by atoms with E-state index in [1.807, 2.05) is 0 Å². The van der Waals surface area contributed by atoms with Crippen LogP contribution < -0.4 is 11.1 Å². The summed E-state index contributed by atoms with van der Waals surface area (Å²) in [6.45, 7) is 0. The highest BCUT2D eigenvalue weighted by atomic mass is 32.2. The quantitative estimate of drug-likeness (QED) is 0.475. The molecule has 0 aliphatic carbocycles. The second kappa shape index (κ2) is 7.61. The first-order valence-electron chi connectivity index (χ1n) is 7.36. The smallest absolute Gasteiger partial charge is 0.271 e. The van der Waals surface area contributed by atoms with Crippen LogP contribution in [0, 0.1) is 20.2 Å². The van der Waals surface area contributed by atoms with Gasteiger partial charge in [0.2, 0.25) is 11.9 Å². The molecule has 11 nitrogen and oxygen atoms in total. The molecule has 0 aliphatic heterocycles. The van der Waals surface area contributed by atoms with Crippen LogP contribution in [0.3, 0.4) is 0 Å². The van der Waals surface area contributed by atoms with Gasteiger partial charge in [-0.05, 0) is 23.9 Å². The van der Waals surface area contributed by atoms with Crippen molar-refractivity contribution in [2.75, 3.05) is 11.1 Å². The number of nitro benzene ring substituents is 2. The summed E-state index contributed by atoms with van der Waals surface area (Å²) in [5.74, 6) is 0.0294. The molecule has 2 aromatic carbocycles. The highest BCUT2D eigenvalue weighted by Crippen LogP contribution is 2.29. The van der Waals surface area contributed by atoms with Crippen molar-refractivity contribution in [3.8, 4) is 0 Å². The van der Waals surface area contributed by atoms with Crippen molar-refractivity contribution in [1.82, 2.24) is 15.0 Å². The number of nitrogens with zero attached hydrogens (tertiary/aromatic N) is 5. The Morgan fingerprint density at radius 1 is 0.926 bits per heavy atom. The Labute approximate surface area is 156 Å². The molecule has 27 heavy (non-hydrogen) atoms. The van der Waals surface area contributed by atoms with E-state index in [0.29, 0.717) is 10.6 Å². The van der Waals surface area contributed by atoms with Crippen molar-refractivity contribution < 1.29 is 9.85 Å². The van der Waals surface area contributed by atoms with Gasteiger partial charge in [-0.15, -0.1) is 0 Å². The van der Waals surface area contributed by atoms with E-state index in [9.17, 15) is 20.2 Å². The maximum atomic E-state index is 10.9. The predicted molar refractivity (Wildman–Crippen MR) is 97.8 cm³/mol. The topological polar surface area (TPSA) is 163 Å². The minimum atomic E-state index is -0.517. The number of nitro groups is 2. The Bertz CT molecular complexity index is 953. The van der Waals surface area contributed by atoms with Crippen LogP contribution in [0.5, 0.6) is 0 Å². The van der Waals surface area contributed by atoms with E-state index in [1.54, 1.807) is 18.2 Å². The van der Waals surface area contributed by atoms with Gasteiger partial charge in [0.15, 0.2) is 5.16 Å².